The van der Waals surface area contributed by atoms with Crippen molar-refractivity contribution in [2.45, 2.75) is 6.92 Å². The van der Waals surface area contributed by atoms with Crippen LogP contribution < -0.4 is 4.74 Å². The van der Waals surface area contributed by atoms with Gasteiger partial charge in [-0.2, -0.15) is 0 Å². The molecule has 0 saturated heterocycles. The predicted molar refractivity (Wildman–Crippen MR) is 60.6 cm³/mol. The van der Waals surface area contributed by atoms with Gasteiger partial charge >= 0.3 is 0 Å². The lowest BCUT2D eigenvalue weighted by atomic mass is 10.1. The monoisotopic (exact) mass is 240 g/mol. The van der Waals surface area contributed by atoms with Gasteiger partial charge in [0, 0.05) is 10.9 Å². The van der Waals surface area contributed by atoms with Gasteiger partial charge in [-0.15, -0.1) is 0 Å². The zero-order valence-electron chi connectivity index (χ0n) is 7.93. The molecule has 0 bridgehead atoms. The molecule has 1 aromatic rings. The lowest BCUT2D eigenvalue weighted by Gasteiger charge is -2.09. The van der Waals surface area contributed by atoms with Crippen molar-refractivity contribution in [1.29, 1.82) is 0 Å². The molecule has 1 nitrogen and oxygen atoms in total. The van der Waals surface area contributed by atoms with E-state index in [0.29, 0.717) is 0 Å². The van der Waals surface area contributed by atoms with Crippen LogP contribution in [0.1, 0.15) is 11.1 Å². The summed E-state index contributed by atoms with van der Waals surface area (Å²) in [6.45, 7) is 6.00. The van der Waals surface area contributed by atoms with E-state index in [1.165, 1.54) is 5.56 Å². The largest absolute Gasteiger partial charge is 0.496 e. The Labute approximate surface area is 87.5 Å². The number of ether oxygens (including phenoxy) is 1. The number of benzene rings is 1. The fourth-order valence-corrected chi connectivity index (χ4v) is 1.46. The number of allylic oxidation sites excluding steroid dienone is 1. The Morgan fingerprint density at radius 1 is 1.54 bits per heavy atom. The van der Waals surface area contributed by atoms with Gasteiger partial charge in [-0.05, 0) is 24.1 Å². The van der Waals surface area contributed by atoms with E-state index in [9.17, 15) is 0 Å². The highest BCUT2D eigenvalue weighted by Crippen LogP contribution is 2.26. The van der Waals surface area contributed by atoms with E-state index in [1.54, 1.807) is 7.11 Å². The minimum atomic E-state index is 0.770. The zero-order valence-corrected chi connectivity index (χ0v) is 9.52. The van der Waals surface area contributed by atoms with Crippen LogP contribution in [0.15, 0.2) is 24.8 Å². The summed E-state index contributed by atoms with van der Waals surface area (Å²) in [5, 5.41) is 0.770. The average molecular weight is 241 g/mol. The molecule has 0 unspecified atom stereocenters. The van der Waals surface area contributed by atoms with Gasteiger partial charge in [0.05, 0.1) is 7.11 Å². The molecule has 1 rings (SSSR count). The Morgan fingerprint density at radius 2 is 2.23 bits per heavy atom. The van der Waals surface area contributed by atoms with Crippen LogP contribution in [0.5, 0.6) is 5.75 Å². The molecular weight excluding hydrogens is 228 g/mol. The molecule has 0 aliphatic rings. The van der Waals surface area contributed by atoms with E-state index >= 15 is 0 Å². The number of aryl methyl sites for hydroxylation is 1. The second-order valence-corrected chi connectivity index (χ2v) is 3.50. The van der Waals surface area contributed by atoms with Crippen LogP contribution in [0, 0.1) is 6.92 Å². The minimum Gasteiger partial charge on any atom is -0.496 e. The van der Waals surface area contributed by atoms with Gasteiger partial charge in [0.2, 0.25) is 0 Å². The lowest BCUT2D eigenvalue weighted by Crippen LogP contribution is -1.92. The Kier molecular flexibility index (Phi) is 3.55. The third-order valence-corrected chi connectivity index (χ3v) is 2.58. The van der Waals surface area contributed by atoms with E-state index in [4.69, 9.17) is 4.74 Å². The molecule has 0 saturated carbocycles. The fraction of sp³-hybridized carbons (Fsp3) is 0.273. The molecule has 0 aliphatic carbocycles. The number of hydrogen-bond donors (Lipinski definition) is 0. The molecule has 0 radical (unpaired) electrons. The van der Waals surface area contributed by atoms with Crippen molar-refractivity contribution in [3.8, 4) is 5.75 Å². The summed E-state index contributed by atoms with van der Waals surface area (Å²) in [6, 6.07) is 6.12. The maximum Gasteiger partial charge on any atom is 0.126 e. The van der Waals surface area contributed by atoms with Crippen LogP contribution in [0.25, 0.3) is 5.57 Å². The van der Waals surface area contributed by atoms with Crippen LogP contribution in [-0.2, 0) is 0 Å². The first-order chi connectivity index (χ1) is 6.19. The normalized spacial score (nSPS) is 9.77. The number of methoxy groups -OCH3 is 1. The Bertz CT molecular complexity index is 318. The number of hydrogen-bond acceptors (Lipinski definition) is 1. The third kappa shape index (κ3) is 2.34. The van der Waals surface area contributed by atoms with Crippen LogP contribution in [-0.4, -0.2) is 12.4 Å². The second-order valence-electron chi connectivity index (χ2n) is 2.94. The second kappa shape index (κ2) is 4.47. The van der Waals surface area contributed by atoms with Crippen molar-refractivity contribution in [2.75, 3.05) is 12.4 Å². The Morgan fingerprint density at radius 3 is 2.77 bits per heavy atom. The number of rotatable bonds is 3. The maximum absolute atomic E-state index is 5.27. The highest BCUT2D eigenvalue weighted by atomic mass is 79.9. The van der Waals surface area contributed by atoms with Gasteiger partial charge in [-0.1, -0.05) is 34.6 Å². The van der Waals surface area contributed by atoms with Crippen LogP contribution in [0.3, 0.4) is 0 Å². The lowest BCUT2D eigenvalue weighted by molar-refractivity contribution is 0.413. The first-order valence-corrected chi connectivity index (χ1v) is 5.20. The molecule has 0 N–H and O–H groups in total. The quantitative estimate of drug-likeness (QED) is 0.737. The summed E-state index contributed by atoms with van der Waals surface area (Å²) in [5.41, 5.74) is 3.31. The van der Waals surface area contributed by atoms with E-state index in [0.717, 1.165) is 22.2 Å². The highest BCUT2D eigenvalue weighted by Gasteiger charge is 2.04. The molecule has 0 heterocycles. The maximum atomic E-state index is 5.27. The molecule has 0 fully saturated rings. The minimum absolute atomic E-state index is 0.770. The summed E-state index contributed by atoms with van der Waals surface area (Å²) in [7, 11) is 1.68. The topological polar surface area (TPSA) is 9.23 Å². The smallest absolute Gasteiger partial charge is 0.126 e. The van der Waals surface area contributed by atoms with Gasteiger partial charge in [0.1, 0.15) is 5.75 Å². The molecule has 2 heteroatoms. The van der Waals surface area contributed by atoms with Crippen LogP contribution in [0.2, 0.25) is 0 Å². The van der Waals surface area contributed by atoms with Crippen molar-refractivity contribution in [3.63, 3.8) is 0 Å². The first-order valence-electron chi connectivity index (χ1n) is 4.07. The standard InChI is InChI=1S/C11H13BrO/c1-8-4-5-10(9(2)7-12)11(6-8)13-3/h4-6H,2,7H2,1,3H3. The molecule has 0 aromatic heterocycles. The van der Waals surface area contributed by atoms with Gasteiger partial charge in [-0.3, -0.25) is 0 Å². The fourth-order valence-electron chi connectivity index (χ4n) is 1.16. The van der Waals surface area contributed by atoms with Gasteiger partial charge < -0.3 is 4.74 Å². The first kappa shape index (κ1) is 10.3. The number of alkyl halides is 1. The van der Waals surface area contributed by atoms with Gasteiger partial charge in [0.15, 0.2) is 0 Å². The highest BCUT2D eigenvalue weighted by molar-refractivity contribution is 9.09. The molecule has 70 valence electrons. The van der Waals surface area contributed by atoms with Crippen molar-refractivity contribution in [2.24, 2.45) is 0 Å². The average Bonchev–Trinajstić information content (AvgIpc) is 2.16. The summed E-state index contributed by atoms with van der Waals surface area (Å²) in [6.07, 6.45) is 0. The molecule has 0 amide bonds. The van der Waals surface area contributed by atoms with Crippen molar-refractivity contribution in [3.05, 3.63) is 35.9 Å². The van der Waals surface area contributed by atoms with Crippen molar-refractivity contribution >= 4 is 21.5 Å². The SMILES string of the molecule is C=C(CBr)c1ccc(C)cc1OC. The molecule has 0 aliphatic heterocycles. The van der Waals surface area contributed by atoms with E-state index in [1.807, 2.05) is 19.1 Å². The van der Waals surface area contributed by atoms with Crippen LogP contribution >= 0.6 is 15.9 Å². The Balaban J connectivity index is 3.13. The summed E-state index contributed by atoms with van der Waals surface area (Å²) < 4.78 is 5.27. The zero-order chi connectivity index (χ0) is 9.84. The van der Waals surface area contributed by atoms with Crippen LogP contribution in [0.4, 0.5) is 0 Å². The van der Waals surface area contributed by atoms with Gasteiger partial charge in [0.25, 0.3) is 0 Å². The molecule has 1 aromatic carbocycles. The van der Waals surface area contributed by atoms with E-state index in [-0.39, 0.29) is 0 Å². The summed E-state index contributed by atoms with van der Waals surface area (Å²) in [4.78, 5) is 0. The molecule has 0 atom stereocenters. The summed E-state index contributed by atoms with van der Waals surface area (Å²) >= 11 is 3.38. The van der Waals surface area contributed by atoms with E-state index < -0.39 is 0 Å². The van der Waals surface area contributed by atoms with Crippen molar-refractivity contribution < 1.29 is 4.74 Å². The van der Waals surface area contributed by atoms with Gasteiger partial charge in [-0.25, -0.2) is 0 Å². The van der Waals surface area contributed by atoms with E-state index in [2.05, 4.69) is 28.6 Å². The summed E-state index contributed by atoms with van der Waals surface area (Å²) in [5.74, 6) is 0.893. The molecular formula is C11H13BrO. The number of halogens is 1. The molecule has 0 spiro atoms. The van der Waals surface area contributed by atoms with Crippen molar-refractivity contribution in [1.82, 2.24) is 0 Å². The molecule has 13 heavy (non-hydrogen) atoms. The third-order valence-electron chi connectivity index (χ3n) is 1.90. The Hall–Kier alpha value is -0.760. The predicted octanol–water partition coefficient (Wildman–Crippen LogP) is 3.41.